The SMILES string of the molecule is Cc1nc2c(s1)CCC[C@H]2NC(=O)CN1CC(=O)NC1=O. The fourth-order valence-corrected chi connectivity index (χ4v) is 3.74. The maximum absolute atomic E-state index is 12.1. The molecule has 0 bridgehead atoms. The highest BCUT2D eigenvalue weighted by Crippen LogP contribution is 2.32. The molecule has 4 amide bonds. The largest absolute Gasteiger partial charge is 0.346 e. The number of urea groups is 1. The predicted octanol–water partition coefficient (Wildman–Crippen LogP) is 0.497. The summed E-state index contributed by atoms with van der Waals surface area (Å²) in [6, 6.07) is -0.600. The van der Waals surface area contributed by atoms with E-state index in [1.54, 1.807) is 11.3 Å². The van der Waals surface area contributed by atoms with Crippen LogP contribution < -0.4 is 10.6 Å². The lowest BCUT2D eigenvalue weighted by Gasteiger charge is -2.23. The number of hydrogen-bond donors (Lipinski definition) is 2. The van der Waals surface area contributed by atoms with Crippen LogP contribution in [0, 0.1) is 6.92 Å². The number of aromatic nitrogens is 1. The topological polar surface area (TPSA) is 91.4 Å². The van der Waals surface area contributed by atoms with Crippen LogP contribution >= 0.6 is 11.3 Å². The van der Waals surface area contributed by atoms with E-state index < -0.39 is 6.03 Å². The fraction of sp³-hybridized carbons (Fsp3) is 0.538. The second-order valence-corrected chi connectivity index (χ2v) is 6.55. The van der Waals surface area contributed by atoms with E-state index >= 15 is 0 Å². The van der Waals surface area contributed by atoms with E-state index in [1.807, 2.05) is 6.92 Å². The molecule has 1 fully saturated rings. The van der Waals surface area contributed by atoms with Crippen molar-refractivity contribution >= 4 is 29.2 Å². The van der Waals surface area contributed by atoms with Crippen LogP contribution in [-0.2, 0) is 16.0 Å². The predicted molar refractivity (Wildman–Crippen MR) is 75.8 cm³/mol. The normalized spacial score (nSPS) is 21.2. The minimum Gasteiger partial charge on any atom is -0.346 e. The highest BCUT2D eigenvalue weighted by molar-refractivity contribution is 7.11. The van der Waals surface area contributed by atoms with E-state index in [-0.39, 0.29) is 30.9 Å². The zero-order valence-corrected chi connectivity index (χ0v) is 12.5. The molecule has 1 aromatic heterocycles. The van der Waals surface area contributed by atoms with Crippen LogP contribution in [0.25, 0.3) is 0 Å². The summed E-state index contributed by atoms with van der Waals surface area (Å²) in [6.07, 6.45) is 2.88. The van der Waals surface area contributed by atoms with Gasteiger partial charge in [0.15, 0.2) is 0 Å². The number of thiazole rings is 1. The Bertz CT molecular complexity index is 613. The van der Waals surface area contributed by atoms with Gasteiger partial charge in [0.1, 0.15) is 13.1 Å². The summed E-state index contributed by atoms with van der Waals surface area (Å²) in [5, 5.41) is 6.08. The molecular weight excluding hydrogens is 292 g/mol. The number of nitrogens with one attached hydrogen (secondary N) is 2. The number of aryl methyl sites for hydroxylation is 2. The molecular formula is C13H16N4O3S. The van der Waals surface area contributed by atoms with Crippen LogP contribution in [-0.4, -0.2) is 40.8 Å². The second kappa shape index (κ2) is 5.44. The maximum atomic E-state index is 12.1. The molecule has 1 aromatic rings. The van der Waals surface area contributed by atoms with Crippen molar-refractivity contribution in [1.29, 1.82) is 0 Å². The first-order valence-electron chi connectivity index (χ1n) is 6.87. The molecule has 0 saturated carbocycles. The van der Waals surface area contributed by atoms with Gasteiger partial charge >= 0.3 is 6.03 Å². The van der Waals surface area contributed by atoms with E-state index in [0.29, 0.717) is 0 Å². The summed E-state index contributed by atoms with van der Waals surface area (Å²) in [7, 11) is 0. The second-order valence-electron chi connectivity index (χ2n) is 5.26. The van der Waals surface area contributed by atoms with Crippen LogP contribution in [0.3, 0.4) is 0 Å². The van der Waals surface area contributed by atoms with Crippen LogP contribution in [0.4, 0.5) is 4.79 Å². The minimum absolute atomic E-state index is 0.0576. The summed E-state index contributed by atoms with van der Waals surface area (Å²) < 4.78 is 0. The van der Waals surface area contributed by atoms with Gasteiger partial charge in [0, 0.05) is 4.88 Å². The van der Waals surface area contributed by atoms with Crippen molar-refractivity contribution in [3.8, 4) is 0 Å². The molecule has 1 aliphatic carbocycles. The third kappa shape index (κ3) is 2.90. The molecule has 1 saturated heterocycles. The monoisotopic (exact) mass is 308 g/mol. The lowest BCUT2D eigenvalue weighted by molar-refractivity contribution is -0.122. The zero-order valence-electron chi connectivity index (χ0n) is 11.6. The van der Waals surface area contributed by atoms with Crippen LogP contribution in [0.5, 0.6) is 0 Å². The molecule has 112 valence electrons. The summed E-state index contributed by atoms with van der Waals surface area (Å²) in [6.45, 7) is 1.80. The van der Waals surface area contributed by atoms with Crippen molar-refractivity contribution in [2.45, 2.75) is 32.2 Å². The van der Waals surface area contributed by atoms with Gasteiger partial charge in [-0.15, -0.1) is 11.3 Å². The zero-order chi connectivity index (χ0) is 15.0. The maximum Gasteiger partial charge on any atom is 0.325 e. The molecule has 1 aliphatic heterocycles. The highest BCUT2D eigenvalue weighted by Gasteiger charge is 2.30. The summed E-state index contributed by atoms with van der Waals surface area (Å²) in [5.74, 6) is -0.633. The molecule has 3 rings (SSSR count). The van der Waals surface area contributed by atoms with E-state index in [1.165, 1.54) is 9.78 Å². The number of carbonyl (C=O) groups is 3. The fourth-order valence-electron chi connectivity index (χ4n) is 2.70. The van der Waals surface area contributed by atoms with Gasteiger partial charge in [-0.1, -0.05) is 0 Å². The Hall–Kier alpha value is -1.96. The molecule has 1 atom stereocenters. The number of amides is 4. The Morgan fingerprint density at radius 3 is 3.05 bits per heavy atom. The minimum atomic E-state index is -0.510. The van der Waals surface area contributed by atoms with Gasteiger partial charge in [0.05, 0.1) is 16.7 Å². The summed E-state index contributed by atoms with van der Waals surface area (Å²) in [4.78, 5) is 41.5. The summed E-state index contributed by atoms with van der Waals surface area (Å²) in [5.41, 5.74) is 0.957. The van der Waals surface area contributed by atoms with Crippen LogP contribution in [0.1, 0.15) is 34.5 Å². The first-order valence-corrected chi connectivity index (χ1v) is 7.69. The average Bonchev–Trinajstić information content (AvgIpc) is 2.92. The third-order valence-corrected chi connectivity index (χ3v) is 4.65. The lowest BCUT2D eigenvalue weighted by atomic mass is 9.97. The van der Waals surface area contributed by atoms with Crippen molar-refractivity contribution in [2.24, 2.45) is 0 Å². The lowest BCUT2D eigenvalue weighted by Crippen LogP contribution is -2.41. The van der Waals surface area contributed by atoms with E-state index in [4.69, 9.17) is 0 Å². The molecule has 0 aromatic carbocycles. The van der Waals surface area contributed by atoms with Crippen LogP contribution in [0.15, 0.2) is 0 Å². The van der Waals surface area contributed by atoms with Gasteiger partial charge in [-0.2, -0.15) is 0 Å². The molecule has 2 aliphatic rings. The van der Waals surface area contributed by atoms with Gasteiger partial charge in [-0.3, -0.25) is 14.9 Å². The Morgan fingerprint density at radius 1 is 1.52 bits per heavy atom. The third-order valence-electron chi connectivity index (χ3n) is 3.60. The molecule has 7 nitrogen and oxygen atoms in total. The molecule has 0 radical (unpaired) electrons. The Balaban J connectivity index is 1.63. The van der Waals surface area contributed by atoms with Gasteiger partial charge in [0.25, 0.3) is 0 Å². The standard InChI is InChI=1S/C13H16N4O3S/c1-7-14-12-8(3-2-4-9(12)21-7)15-10(18)5-17-6-11(19)16-13(17)20/h8H,2-6H2,1H3,(H,15,18)(H,16,19,20)/t8-/m1/s1. The Kier molecular flexibility index (Phi) is 3.62. The van der Waals surface area contributed by atoms with E-state index in [9.17, 15) is 14.4 Å². The van der Waals surface area contributed by atoms with Crippen molar-refractivity contribution in [3.63, 3.8) is 0 Å². The molecule has 2 heterocycles. The molecule has 0 unspecified atom stereocenters. The van der Waals surface area contributed by atoms with Gasteiger partial charge < -0.3 is 10.2 Å². The Labute approximate surface area is 125 Å². The summed E-state index contributed by atoms with van der Waals surface area (Å²) >= 11 is 1.67. The van der Waals surface area contributed by atoms with E-state index in [2.05, 4.69) is 15.6 Å². The highest BCUT2D eigenvalue weighted by atomic mass is 32.1. The van der Waals surface area contributed by atoms with E-state index in [0.717, 1.165) is 30.0 Å². The van der Waals surface area contributed by atoms with Crippen LogP contribution in [0.2, 0.25) is 0 Å². The molecule has 0 spiro atoms. The number of rotatable bonds is 3. The average molecular weight is 308 g/mol. The molecule has 2 N–H and O–H groups in total. The Morgan fingerprint density at radius 2 is 2.33 bits per heavy atom. The molecule has 8 heteroatoms. The van der Waals surface area contributed by atoms with Crippen molar-refractivity contribution < 1.29 is 14.4 Å². The number of fused-ring (bicyclic) bond motifs is 1. The van der Waals surface area contributed by atoms with Crippen molar-refractivity contribution in [1.82, 2.24) is 20.5 Å². The smallest absolute Gasteiger partial charge is 0.325 e. The molecule has 21 heavy (non-hydrogen) atoms. The number of imide groups is 1. The number of nitrogens with zero attached hydrogens (tertiary/aromatic N) is 2. The van der Waals surface area contributed by atoms with Crippen molar-refractivity contribution in [2.75, 3.05) is 13.1 Å². The van der Waals surface area contributed by atoms with Crippen molar-refractivity contribution in [3.05, 3.63) is 15.6 Å². The first-order chi connectivity index (χ1) is 10.0. The number of hydrogen-bond acceptors (Lipinski definition) is 5. The van der Waals surface area contributed by atoms with Gasteiger partial charge in [-0.05, 0) is 26.2 Å². The first kappa shape index (κ1) is 14.0. The van der Waals surface area contributed by atoms with Gasteiger partial charge in [0.2, 0.25) is 11.8 Å². The van der Waals surface area contributed by atoms with Gasteiger partial charge in [-0.25, -0.2) is 9.78 Å². The number of carbonyl (C=O) groups excluding carboxylic acids is 3. The quantitative estimate of drug-likeness (QED) is 0.795.